The molecule has 6 heteroatoms. The Morgan fingerprint density at radius 3 is 3.12 bits per heavy atom. The summed E-state index contributed by atoms with van der Waals surface area (Å²) in [5.74, 6) is 0. The number of hydrogen-bond acceptors (Lipinski definition) is 5. The molecule has 0 amide bonds. The third-order valence-electron chi connectivity index (χ3n) is 2.48. The average molecular weight is 245 g/mol. The van der Waals surface area contributed by atoms with E-state index < -0.39 is 0 Å². The standard InChI is InChI=1S/C11H11N5S/c1-2-4-10-9(3-1)11(17-14-10)12-5-7-16-8-6-13-15-16/h1-4,6,8,12H,5,7H2. The number of nitrogens with one attached hydrogen (secondary N) is 1. The van der Waals surface area contributed by atoms with Crippen LogP contribution in [-0.4, -0.2) is 25.9 Å². The quantitative estimate of drug-likeness (QED) is 0.764. The SMILES string of the molecule is c1ccc2c(NCCn3ccnn3)snc2c1. The highest BCUT2D eigenvalue weighted by Crippen LogP contribution is 2.26. The summed E-state index contributed by atoms with van der Waals surface area (Å²) in [4.78, 5) is 0. The van der Waals surface area contributed by atoms with Gasteiger partial charge in [0.05, 0.1) is 18.3 Å². The topological polar surface area (TPSA) is 55.6 Å². The van der Waals surface area contributed by atoms with E-state index in [4.69, 9.17) is 0 Å². The highest BCUT2D eigenvalue weighted by molar-refractivity contribution is 7.11. The molecule has 3 aromatic rings. The number of benzene rings is 1. The zero-order valence-electron chi connectivity index (χ0n) is 9.08. The lowest BCUT2D eigenvalue weighted by Crippen LogP contribution is -2.10. The summed E-state index contributed by atoms with van der Waals surface area (Å²) in [5, 5.41) is 13.3. The molecule has 0 saturated heterocycles. The molecule has 0 aliphatic heterocycles. The minimum Gasteiger partial charge on any atom is -0.373 e. The first-order valence-electron chi connectivity index (χ1n) is 5.36. The van der Waals surface area contributed by atoms with E-state index in [-0.39, 0.29) is 0 Å². The summed E-state index contributed by atoms with van der Waals surface area (Å²) in [6.07, 6.45) is 3.54. The number of nitrogens with zero attached hydrogens (tertiary/aromatic N) is 4. The summed E-state index contributed by atoms with van der Waals surface area (Å²) in [6, 6.07) is 8.13. The van der Waals surface area contributed by atoms with Gasteiger partial charge in [-0.15, -0.1) is 5.10 Å². The van der Waals surface area contributed by atoms with Crippen LogP contribution in [0.1, 0.15) is 0 Å². The average Bonchev–Trinajstić information content (AvgIpc) is 2.99. The van der Waals surface area contributed by atoms with Crippen molar-refractivity contribution in [1.29, 1.82) is 0 Å². The van der Waals surface area contributed by atoms with Crippen LogP contribution in [0.15, 0.2) is 36.7 Å². The Bertz CT molecular complexity index is 601. The van der Waals surface area contributed by atoms with Gasteiger partial charge in [-0.25, -0.2) is 0 Å². The third kappa shape index (κ3) is 2.12. The first kappa shape index (κ1) is 10.2. The molecular formula is C11H11N5S. The Morgan fingerprint density at radius 1 is 1.29 bits per heavy atom. The second kappa shape index (κ2) is 4.50. The van der Waals surface area contributed by atoms with Crippen molar-refractivity contribution in [2.45, 2.75) is 6.54 Å². The van der Waals surface area contributed by atoms with Crippen LogP contribution in [0.3, 0.4) is 0 Å². The van der Waals surface area contributed by atoms with Crippen LogP contribution in [-0.2, 0) is 6.54 Å². The molecule has 0 aliphatic carbocycles. The maximum Gasteiger partial charge on any atom is 0.117 e. The molecule has 0 saturated carbocycles. The summed E-state index contributed by atoms with van der Waals surface area (Å²) in [7, 11) is 0. The molecule has 2 heterocycles. The Hall–Kier alpha value is -1.95. The highest BCUT2D eigenvalue weighted by Gasteiger charge is 2.03. The Labute approximate surface area is 102 Å². The fourth-order valence-corrected chi connectivity index (χ4v) is 2.44. The fourth-order valence-electron chi connectivity index (χ4n) is 1.65. The lowest BCUT2D eigenvalue weighted by atomic mass is 10.2. The van der Waals surface area contributed by atoms with Gasteiger partial charge in [-0.3, -0.25) is 4.68 Å². The van der Waals surface area contributed by atoms with Crippen molar-refractivity contribution in [2.24, 2.45) is 0 Å². The number of anilines is 1. The Balaban J connectivity index is 1.69. The van der Waals surface area contributed by atoms with Gasteiger partial charge in [-0.05, 0) is 23.7 Å². The second-order valence-corrected chi connectivity index (χ2v) is 4.40. The predicted molar refractivity (Wildman–Crippen MR) is 68.1 cm³/mol. The van der Waals surface area contributed by atoms with Gasteiger partial charge in [0.2, 0.25) is 0 Å². The van der Waals surface area contributed by atoms with E-state index in [9.17, 15) is 0 Å². The van der Waals surface area contributed by atoms with Crippen LogP contribution < -0.4 is 5.32 Å². The minimum absolute atomic E-state index is 0.798. The van der Waals surface area contributed by atoms with Crippen molar-refractivity contribution < 1.29 is 0 Å². The van der Waals surface area contributed by atoms with Crippen molar-refractivity contribution in [2.75, 3.05) is 11.9 Å². The molecule has 3 rings (SSSR count). The van der Waals surface area contributed by atoms with Gasteiger partial charge in [0, 0.05) is 18.1 Å². The normalized spacial score (nSPS) is 10.8. The zero-order valence-corrected chi connectivity index (χ0v) is 9.89. The number of aromatic nitrogens is 4. The first-order valence-corrected chi connectivity index (χ1v) is 6.13. The molecule has 17 heavy (non-hydrogen) atoms. The molecule has 0 radical (unpaired) electrons. The van der Waals surface area contributed by atoms with E-state index in [1.165, 1.54) is 16.9 Å². The van der Waals surface area contributed by atoms with E-state index in [0.29, 0.717) is 0 Å². The molecule has 5 nitrogen and oxygen atoms in total. The van der Waals surface area contributed by atoms with Gasteiger partial charge >= 0.3 is 0 Å². The van der Waals surface area contributed by atoms with Gasteiger partial charge in [-0.2, -0.15) is 4.37 Å². The maximum absolute atomic E-state index is 4.38. The van der Waals surface area contributed by atoms with Gasteiger partial charge < -0.3 is 5.32 Å². The van der Waals surface area contributed by atoms with E-state index in [0.717, 1.165) is 23.6 Å². The Kier molecular flexibility index (Phi) is 2.71. The van der Waals surface area contributed by atoms with Crippen LogP contribution in [0.2, 0.25) is 0 Å². The van der Waals surface area contributed by atoms with E-state index in [1.807, 2.05) is 24.4 Å². The first-order chi connectivity index (χ1) is 8.43. The van der Waals surface area contributed by atoms with E-state index in [1.54, 1.807) is 10.9 Å². The molecule has 0 spiro atoms. The lowest BCUT2D eigenvalue weighted by Gasteiger charge is -2.03. The summed E-state index contributed by atoms with van der Waals surface area (Å²) < 4.78 is 6.18. The summed E-state index contributed by atoms with van der Waals surface area (Å²) >= 11 is 1.49. The van der Waals surface area contributed by atoms with Gasteiger partial charge in [0.25, 0.3) is 0 Å². The monoisotopic (exact) mass is 245 g/mol. The van der Waals surface area contributed by atoms with Crippen LogP contribution >= 0.6 is 11.5 Å². The van der Waals surface area contributed by atoms with Gasteiger partial charge in [-0.1, -0.05) is 17.3 Å². The molecule has 1 aromatic carbocycles. The lowest BCUT2D eigenvalue weighted by molar-refractivity contribution is 0.609. The maximum atomic E-state index is 4.38. The van der Waals surface area contributed by atoms with Crippen molar-refractivity contribution in [1.82, 2.24) is 19.4 Å². The predicted octanol–water partition coefficient (Wildman–Crippen LogP) is 2.00. The molecule has 0 unspecified atom stereocenters. The second-order valence-electron chi connectivity index (χ2n) is 3.62. The molecule has 0 aliphatic rings. The fraction of sp³-hybridized carbons (Fsp3) is 0.182. The number of rotatable bonds is 4. The number of hydrogen-bond donors (Lipinski definition) is 1. The van der Waals surface area contributed by atoms with Crippen LogP contribution in [0.25, 0.3) is 10.9 Å². The van der Waals surface area contributed by atoms with Crippen molar-refractivity contribution in [3.05, 3.63) is 36.7 Å². The van der Waals surface area contributed by atoms with Gasteiger partial charge in [0.1, 0.15) is 5.00 Å². The minimum atomic E-state index is 0.798. The van der Waals surface area contributed by atoms with Crippen molar-refractivity contribution in [3.63, 3.8) is 0 Å². The van der Waals surface area contributed by atoms with E-state index in [2.05, 4.69) is 26.1 Å². The largest absolute Gasteiger partial charge is 0.373 e. The molecule has 86 valence electrons. The van der Waals surface area contributed by atoms with Crippen LogP contribution in [0.5, 0.6) is 0 Å². The number of fused-ring (bicyclic) bond motifs is 1. The summed E-state index contributed by atoms with van der Waals surface area (Å²) in [5.41, 5.74) is 1.04. The van der Waals surface area contributed by atoms with Crippen LogP contribution in [0.4, 0.5) is 5.00 Å². The molecule has 0 bridgehead atoms. The van der Waals surface area contributed by atoms with E-state index >= 15 is 0 Å². The van der Waals surface area contributed by atoms with Crippen molar-refractivity contribution in [3.8, 4) is 0 Å². The van der Waals surface area contributed by atoms with Crippen molar-refractivity contribution >= 4 is 27.4 Å². The van der Waals surface area contributed by atoms with Gasteiger partial charge in [0.15, 0.2) is 0 Å². The molecular weight excluding hydrogens is 234 g/mol. The zero-order chi connectivity index (χ0) is 11.5. The smallest absolute Gasteiger partial charge is 0.117 e. The molecule has 0 fully saturated rings. The molecule has 1 N–H and O–H groups in total. The summed E-state index contributed by atoms with van der Waals surface area (Å²) in [6.45, 7) is 1.61. The Morgan fingerprint density at radius 2 is 2.24 bits per heavy atom. The molecule has 0 atom stereocenters. The third-order valence-corrected chi connectivity index (χ3v) is 3.32. The highest BCUT2D eigenvalue weighted by atomic mass is 32.1. The van der Waals surface area contributed by atoms with Crippen LogP contribution in [0, 0.1) is 0 Å². The molecule has 2 aromatic heterocycles.